The van der Waals surface area contributed by atoms with Crippen molar-refractivity contribution < 1.29 is 4.74 Å². The maximum absolute atomic E-state index is 5.76. The predicted molar refractivity (Wildman–Crippen MR) is 131 cm³/mol. The van der Waals surface area contributed by atoms with Crippen LogP contribution in [0, 0.1) is 13.8 Å². The van der Waals surface area contributed by atoms with Crippen LogP contribution in [0.25, 0.3) is 6.08 Å². The van der Waals surface area contributed by atoms with Crippen molar-refractivity contribution in [2.45, 2.75) is 23.6 Å². The number of thiol groups is 1. The van der Waals surface area contributed by atoms with Crippen molar-refractivity contribution in [2.75, 3.05) is 35.4 Å². The summed E-state index contributed by atoms with van der Waals surface area (Å²) in [6.45, 7) is 8.78. The zero-order valence-corrected chi connectivity index (χ0v) is 19.4. The van der Waals surface area contributed by atoms with Crippen LogP contribution >= 0.6 is 47.9 Å². The van der Waals surface area contributed by atoms with Gasteiger partial charge in [-0.3, -0.25) is 0 Å². The van der Waals surface area contributed by atoms with E-state index in [1.165, 1.54) is 33.3 Å². The van der Waals surface area contributed by atoms with Crippen molar-refractivity contribution in [1.82, 2.24) is 0 Å². The second kappa shape index (κ2) is 12.8. The summed E-state index contributed by atoms with van der Waals surface area (Å²) in [6, 6.07) is 12.5. The van der Waals surface area contributed by atoms with Crippen LogP contribution in [0.4, 0.5) is 0 Å². The lowest BCUT2D eigenvalue weighted by atomic mass is 10.2. The van der Waals surface area contributed by atoms with Crippen molar-refractivity contribution in [3.63, 3.8) is 0 Å². The monoisotopic (exact) mass is 436 g/mol. The van der Waals surface area contributed by atoms with E-state index in [2.05, 4.69) is 45.2 Å². The minimum absolute atomic E-state index is 0.762. The molecule has 0 saturated heterocycles. The zero-order chi connectivity index (χ0) is 19.5. The Labute approximate surface area is 182 Å². The van der Waals surface area contributed by atoms with E-state index in [0.717, 1.165) is 34.3 Å². The van der Waals surface area contributed by atoms with E-state index >= 15 is 0 Å². The first-order valence-corrected chi connectivity index (χ1v) is 12.8. The van der Waals surface area contributed by atoms with Crippen LogP contribution in [0.2, 0.25) is 0 Å². The Morgan fingerprint density at radius 2 is 1.52 bits per heavy atom. The molecule has 1 nitrogen and oxygen atoms in total. The summed E-state index contributed by atoms with van der Waals surface area (Å²) < 4.78 is 5.76. The highest BCUT2D eigenvalue weighted by Gasteiger charge is 2.02. The molecule has 2 aromatic rings. The Morgan fingerprint density at radius 3 is 2.15 bits per heavy atom. The maximum Gasteiger partial charge on any atom is 0.119 e. The second-order valence-electron chi connectivity index (χ2n) is 6.10. The number of hydrogen-bond donors (Lipinski definition) is 1. The van der Waals surface area contributed by atoms with Crippen LogP contribution < -0.4 is 4.74 Å². The summed E-state index contributed by atoms with van der Waals surface area (Å²) in [5.41, 5.74) is 3.66. The fourth-order valence-electron chi connectivity index (χ4n) is 2.46. The third-order valence-corrected chi connectivity index (χ3v) is 8.08. The molecule has 0 amide bonds. The molecule has 0 unspecified atom stereocenters. The molecule has 0 spiro atoms. The lowest BCUT2D eigenvalue weighted by molar-refractivity contribution is 0.344. The van der Waals surface area contributed by atoms with Crippen LogP contribution in [0.3, 0.4) is 0 Å². The normalized spacial score (nSPS) is 10.8. The highest BCUT2D eigenvalue weighted by molar-refractivity contribution is 8.04. The first-order chi connectivity index (χ1) is 13.1. The molecule has 0 N–H and O–H groups in total. The van der Waals surface area contributed by atoms with Gasteiger partial charge >= 0.3 is 0 Å². The molecule has 0 radical (unpaired) electrons. The zero-order valence-electron chi connectivity index (χ0n) is 16.1. The summed E-state index contributed by atoms with van der Waals surface area (Å²) >= 11 is 10.5. The average Bonchev–Trinajstić information content (AvgIpc) is 2.68. The minimum Gasteiger partial charge on any atom is -0.493 e. The van der Waals surface area contributed by atoms with Gasteiger partial charge in [0.15, 0.2) is 0 Å². The van der Waals surface area contributed by atoms with E-state index in [0.29, 0.717) is 0 Å². The van der Waals surface area contributed by atoms with E-state index < -0.39 is 0 Å². The number of thioether (sulfide) groups is 3. The van der Waals surface area contributed by atoms with Crippen LogP contribution in [0.1, 0.15) is 16.7 Å². The van der Waals surface area contributed by atoms with Gasteiger partial charge in [-0.15, -0.1) is 24.4 Å². The fraction of sp³-hybridized carbons (Fsp3) is 0.364. The van der Waals surface area contributed by atoms with E-state index in [1.807, 2.05) is 65.6 Å². The van der Waals surface area contributed by atoms with Gasteiger partial charge in [0.05, 0.1) is 6.61 Å². The molecule has 2 aromatic carbocycles. The molecule has 0 saturated carbocycles. The van der Waals surface area contributed by atoms with Crippen molar-refractivity contribution in [3.05, 3.63) is 59.7 Å². The van der Waals surface area contributed by atoms with Crippen molar-refractivity contribution in [2.24, 2.45) is 0 Å². The molecule has 0 bridgehead atoms. The van der Waals surface area contributed by atoms with Gasteiger partial charge in [-0.2, -0.15) is 23.5 Å². The van der Waals surface area contributed by atoms with Crippen LogP contribution in [-0.4, -0.2) is 35.4 Å². The number of rotatable bonds is 12. The molecule has 0 heterocycles. The molecule has 2 rings (SSSR count). The molecule has 0 fully saturated rings. The summed E-state index contributed by atoms with van der Waals surface area (Å²) in [7, 11) is 0. The Hall–Kier alpha value is -0.620. The summed E-state index contributed by atoms with van der Waals surface area (Å²) in [4.78, 5) is 2.47. The third-order valence-electron chi connectivity index (χ3n) is 3.95. The molecule has 0 aliphatic rings. The van der Waals surface area contributed by atoms with Crippen molar-refractivity contribution in [3.8, 4) is 5.75 Å². The molecule has 27 heavy (non-hydrogen) atoms. The molecule has 0 aromatic heterocycles. The van der Waals surface area contributed by atoms with Gasteiger partial charge in [0, 0.05) is 38.6 Å². The Morgan fingerprint density at radius 1 is 0.926 bits per heavy atom. The SMILES string of the molecule is C=Cc1ccc(OCCSCCSCCSc2cc(C)c(S)c(C)c2)cc1. The summed E-state index contributed by atoms with van der Waals surface area (Å²) in [5, 5.41) is 0. The number of benzene rings is 2. The van der Waals surface area contributed by atoms with Gasteiger partial charge in [0.25, 0.3) is 0 Å². The Balaban J connectivity index is 1.47. The summed E-state index contributed by atoms with van der Waals surface area (Å²) in [6.07, 6.45) is 1.84. The third kappa shape index (κ3) is 8.51. The highest BCUT2D eigenvalue weighted by atomic mass is 32.2. The lowest BCUT2D eigenvalue weighted by Crippen LogP contribution is -2.01. The van der Waals surface area contributed by atoms with E-state index in [4.69, 9.17) is 4.74 Å². The number of aryl methyl sites for hydroxylation is 2. The van der Waals surface area contributed by atoms with Gasteiger partial charge in [0.2, 0.25) is 0 Å². The molecular formula is C22H28OS4. The molecule has 146 valence electrons. The van der Waals surface area contributed by atoms with Gasteiger partial charge < -0.3 is 4.74 Å². The topological polar surface area (TPSA) is 9.23 Å². The molecule has 0 aliphatic heterocycles. The smallest absolute Gasteiger partial charge is 0.119 e. The first-order valence-electron chi connectivity index (χ1n) is 9.04. The van der Waals surface area contributed by atoms with Gasteiger partial charge in [-0.1, -0.05) is 24.8 Å². The Bertz CT molecular complexity index is 690. The van der Waals surface area contributed by atoms with Gasteiger partial charge in [-0.25, -0.2) is 0 Å². The van der Waals surface area contributed by atoms with Gasteiger partial charge in [0.1, 0.15) is 5.75 Å². The largest absolute Gasteiger partial charge is 0.493 e. The number of ether oxygens (including phenoxy) is 1. The van der Waals surface area contributed by atoms with Crippen LogP contribution in [0.15, 0.2) is 52.8 Å². The molecule has 5 heteroatoms. The minimum atomic E-state index is 0.762. The van der Waals surface area contributed by atoms with E-state index in [-0.39, 0.29) is 0 Å². The average molecular weight is 437 g/mol. The van der Waals surface area contributed by atoms with Crippen LogP contribution in [0.5, 0.6) is 5.75 Å². The van der Waals surface area contributed by atoms with E-state index in [9.17, 15) is 0 Å². The second-order valence-corrected chi connectivity index (χ2v) is 10.2. The predicted octanol–water partition coefficient (Wildman–Crippen LogP) is 6.87. The lowest BCUT2D eigenvalue weighted by Gasteiger charge is -2.08. The molecule has 0 aliphatic carbocycles. The van der Waals surface area contributed by atoms with Crippen molar-refractivity contribution in [1.29, 1.82) is 0 Å². The fourth-order valence-corrected chi connectivity index (χ4v) is 5.70. The van der Waals surface area contributed by atoms with Gasteiger partial charge in [-0.05, 0) is 54.8 Å². The van der Waals surface area contributed by atoms with E-state index in [1.54, 1.807) is 0 Å². The van der Waals surface area contributed by atoms with Crippen LogP contribution in [-0.2, 0) is 0 Å². The standard InChI is InChI=1S/C22H28OS4/c1-4-19-5-7-20(8-6-19)23-9-10-25-11-12-26-13-14-27-21-15-17(2)22(24)18(3)16-21/h4-8,15-16,24H,1,9-14H2,2-3H3. The molecule has 0 atom stereocenters. The number of hydrogen-bond acceptors (Lipinski definition) is 5. The summed E-state index contributed by atoms with van der Waals surface area (Å²) in [5.74, 6) is 6.70. The highest BCUT2D eigenvalue weighted by Crippen LogP contribution is 2.27. The quantitative estimate of drug-likeness (QED) is 0.221. The maximum atomic E-state index is 5.76. The first kappa shape index (κ1) is 22.7. The van der Waals surface area contributed by atoms with Crippen molar-refractivity contribution >= 4 is 54.0 Å². The molecular weight excluding hydrogens is 409 g/mol. The Kier molecular flexibility index (Phi) is 10.7.